The number of nitrogens with zero attached hydrogens (tertiary/aromatic N) is 1. The Morgan fingerprint density at radius 1 is 1.14 bits per heavy atom. The topological polar surface area (TPSA) is 49.4 Å². The van der Waals surface area contributed by atoms with E-state index in [-0.39, 0.29) is 29.5 Å². The van der Waals surface area contributed by atoms with Gasteiger partial charge in [-0.15, -0.1) is 0 Å². The highest BCUT2D eigenvalue weighted by atomic mass is 35.5. The average Bonchev–Trinajstić information content (AvgIpc) is 2.65. The van der Waals surface area contributed by atoms with Crippen LogP contribution in [0.4, 0.5) is 4.39 Å². The highest BCUT2D eigenvalue weighted by molar-refractivity contribution is 6.35. The lowest BCUT2D eigenvalue weighted by molar-refractivity contribution is -0.140. The fourth-order valence-corrected chi connectivity index (χ4v) is 3.57. The third-order valence-electron chi connectivity index (χ3n) is 4.38. The molecule has 0 unspecified atom stereocenters. The molecule has 4 nitrogen and oxygen atoms in total. The van der Waals surface area contributed by atoms with E-state index >= 15 is 0 Å². The number of likely N-dealkylation sites (N-methyl/N-ethyl adjacent to an activating group) is 1. The number of carbonyl (C=O) groups excluding carboxylic acids is 2. The summed E-state index contributed by atoms with van der Waals surface area (Å²) in [7, 11) is 1.50. The summed E-state index contributed by atoms with van der Waals surface area (Å²) in [6.45, 7) is 1.87. The third-order valence-corrected chi connectivity index (χ3v) is 5.32. The van der Waals surface area contributed by atoms with Crippen LogP contribution in [0.3, 0.4) is 0 Å². The molecule has 2 rings (SSSR count). The second-order valence-electron chi connectivity index (χ2n) is 6.17. The summed E-state index contributed by atoms with van der Waals surface area (Å²) >= 11 is 18.2. The van der Waals surface area contributed by atoms with Crippen molar-refractivity contribution >= 4 is 46.6 Å². The molecule has 8 heteroatoms. The first-order chi connectivity index (χ1) is 13.3. The van der Waals surface area contributed by atoms with Crippen molar-refractivity contribution in [3.05, 3.63) is 68.4 Å². The van der Waals surface area contributed by atoms with Gasteiger partial charge in [0.05, 0.1) is 6.42 Å². The van der Waals surface area contributed by atoms with Gasteiger partial charge in [-0.05, 0) is 36.2 Å². The van der Waals surface area contributed by atoms with Crippen LogP contribution in [0, 0.1) is 5.82 Å². The lowest BCUT2D eigenvalue weighted by Crippen LogP contribution is -2.48. The summed E-state index contributed by atoms with van der Waals surface area (Å²) in [4.78, 5) is 26.8. The largest absolute Gasteiger partial charge is 0.357 e. The van der Waals surface area contributed by atoms with E-state index in [0.29, 0.717) is 22.0 Å². The van der Waals surface area contributed by atoms with E-state index in [1.807, 2.05) is 0 Å². The molecule has 2 aromatic rings. The highest BCUT2D eigenvalue weighted by Gasteiger charge is 2.29. The monoisotopic (exact) mass is 444 g/mol. The Bertz CT molecular complexity index is 856. The SMILES string of the molecule is CC[C@@H](C(=O)NC)N(Cc1ccc(Cl)cc1Cl)C(=O)Cc1c(F)cccc1Cl. The first-order valence-corrected chi connectivity index (χ1v) is 9.79. The van der Waals surface area contributed by atoms with E-state index in [2.05, 4.69) is 5.32 Å². The van der Waals surface area contributed by atoms with Crippen molar-refractivity contribution in [3.8, 4) is 0 Å². The molecule has 28 heavy (non-hydrogen) atoms. The van der Waals surface area contributed by atoms with Crippen LogP contribution in [-0.4, -0.2) is 29.8 Å². The molecule has 0 fully saturated rings. The van der Waals surface area contributed by atoms with Crippen molar-refractivity contribution in [2.24, 2.45) is 0 Å². The number of benzene rings is 2. The number of carbonyl (C=O) groups is 2. The van der Waals surface area contributed by atoms with E-state index < -0.39 is 17.8 Å². The molecule has 0 heterocycles. The minimum absolute atomic E-state index is 0.0762. The van der Waals surface area contributed by atoms with Crippen molar-refractivity contribution in [2.45, 2.75) is 32.4 Å². The Kier molecular flexibility index (Phi) is 8.10. The van der Waals surface area contributed by atoms with Gasteiger partial charge in [0.15, 0.2) is 0 Å². The molecule has 1 N–H and O–H groups in total. The molecule has 0 bridgehead atoms. The zero-order valence-electron chi connectivity index (χ0n) is 15.4. The normalized spacial score (nSPS) is 11.8. The van der Waals surface area contributed by atoms with Gasteiger partial charge in [-0.1, -0.05) is 53.9 Å². The van der Waals surface area contributed by atoms with Crippen molar-refractivity contribution in [3.63, 3.8) is 0 Å². The Morgan fingerprint density at radius 3 is 2.43 bits per heavy atom. The summed E-state index contributed by atoms with van der Waals surface area (Å²) in [5.41, 5.74) is 0.717. The van der Waals surface area contributed by atoms with Crippen LogP contribution in [0.25, 0.3) is 0 Å². The van der Waals surface area contributed by atoms with Crippen LogP contribution < -0.4 is 5.32 Å². The molecule has 2 amide bonds. The van der Waals surface area contributed by atoms with Crippen LogP contribution in [0.1, 0.15) is 24.5 Å². The molecule has 0 saturated heterocycles. The summed E-state index contributed by atoms with van der Waals surface area (Å²) in [6, 6.07) is 8.40. The van der Waals surface area contributed by atoms with Crippen molar-refractivity contribution in [1.82, 2.24) is 10.2 Å². The van der Waals surface area contributed by atoms with Crippen LogP contribution in [0.2, 0.25) is 15.1 Å². The number of hydrogen-bond acceptors (Lipinski definition) is 2. The lowest BCUT2D eigenvalue weighted by Gasteiger charge is -2.30. The number of rotatable bonds is 7. The van der Waals surface area contributed by atoms with E-state index in [0.717, 1.165) is 0 Å². The predicted molar refractivity (Wildman–Crippen MR) is 110 cm³/mol. The van der Waals surface area contributed by atoms with Gasteiger partial charge >= 0.3 is 0 Å². The van der Waals surface area contributed by atoms with E-state index in [4.69, 9.17) is 34.8 Å². The van der Waals surface area contributed by atoms with Crippen LogP contribution in [0.15, 0.2) is 36.4 Å². The molecule has 0 spiro atoms. The molecular weight excluding hydrogens is 426 g/mol. The second-order valence-corrected chi connectivity index (χ2v) is 7.42. The fourth-order valence-electron chi connectivity index (χ4n) is 2.87. The molecule has 150 valence electrons. The number of hydrogen-bond donors (Lipinski definition) is 1. The molecule has 0 aliphatic rings. The average molecular weight is 446 g/mol. The van der Waals surface area contributed by atoms with Gasteiger partial charge in [0.1, 0.15) is 11.9 Å². The third kappa shape index (κ3) is 5.37. The zero-order chi connectivity index (χ0) is 20.8. The van der Waals surface area contributed by atoms with Gasteiger partial charge in [-0.3, -0.25) is 9.59 Å². The molecular formula is C20H20Cl3FN2O2. The zero-order valence-corrected chi connectivity index (χ0v) is 17.7. The van der Waals surface area contributed by atoms with Gasteiger partial charge in [0.2, 0.25) is 11.8 Å². The summed E-state index contributed by atoms with van der Waals surface area (Å²) in [5, 5.41) is 3.56. The molecule has 0 aromatic heterocycles. The number of nitrogens with one attached hydrogen (secondary N) is 1. The van der Waals surface area contributed by atoms with Gasteiger partial charge in [-0.25, -0.2) is 4.39 Å². The van der Waals surface area contributed by atoms with E-state index in [9.17, 15) is 14.0 Å². The van der Waals surface area contributed by atoms with Crippen LogP contribution >= 0.6 is 34.8 Å². The predicted octanol–water partition coefficient (Wildman–Crippen LogP) is 4.88. The van der Waals surface area contributed by atoms with Crippen LogP contribution in [0.5, 0.6) is 0 Å². The Balaban J connectivity index is 2.39. The van der Waals surface area contributed by atoms with Gasteiger partial charge in [0.25, 0.3) is 0 Å². The minimum atomic E-state index is -0.741. The summed E-state index contributed by atoms with van der Waals surface area (Å²) in [6.07, 6.45) is 0.103. The van der Waals surface area contributed by atoms with Gasteiger partial charge in [0, 0.05) is 34.2 Å². The van der Waals surface area contributed by atoms with Crippen LogP contribution in [-0.2, 0) is 22.6 Å². The quantitative estimate of drug-likeness (QED) is 0.660. The fraction of sp³-hybridized carbons (Fsp3) is 0.300. The Labute approximate surface area is 178 Å². The van der Waals surface area contributed by atoms with E-state index in [1.165, 1.54) is 30.1 Å². The maximum absolute atomic E-state index is 14.1. The minimum Gasteiger partial charge on any atom is -0.357 e. The number of amides is 2. The summed E-state index contributed by atoms with van der Waals surface area (Å²) in [5.74, 6) is -1.33. The van der Waals surface area contributed by atoms with Gasteiger partial charge in [-0.2, -0.15) is 0 Å². The Hall–Kier alpha value is -1.82. The first kappa shape index (κ1) is 22.5. The summed E-state index contributed by atoms with van der Waals surface area (Å²) < 4.78 is 14.1. The van der Waals surface area contributed by atoms with Crippen molar-refractivity contribution in [2.75, 3.05) is 7.05 Å². The molecule has 0 aliphatic carbocycles. The van der Waals surface area contributed by atoms with E-state index in [1.54, 1.807) is 25.1 Å². The molecule has 2 aromatic carbocycles. The maximum atomic E-state index is 14.1. The lowest BCUT2D eigenvalue weighted by atomic mass is 10.1. The molecule has 0 saturated carbocycles. The molecule has 0 aliphatic heterocycles. The first-order valence-electron chi connectivity index (χ1n) is 8.66. The smallest absolute Gasteiger partial charge is 0.242 e. The molecule has 0 radical (unpaired) electrons. The van der Waals surface area contributed by atoms with Crippen molar-refractivity contribution < 1.29 is 14.0 Å². The number of halogens is 4. The van der Waals surface area contributed by atoms with Gasteiger partial charge < -0.3 is 10.2 Å². The molecule has 1 atom stereocenters. The second kappa shape index (κ2) is 10.1. The van der Waals surface area contributed by atoms with Crippen molar-refractivity contribution in [1.29, 1.82) is 0 Å². The Morgan fingerprint density at radius 2 is 1.86 bits per heavy atom. The maximum Gasteiger partial charge on any atom is 0.242 e. The standard InChI is InChI=1S/C20H20Cl3FN2O2/c1-3-18(20(28)25-2)26(11-12-7-8-13(21)9-16(12)23)19(27)10-14-15(22)5-4-6-17(14)24/h4-9,18H,3,10-11H2,1-2H3,(H,25,28)/t18-/m0/s1. The highest BCUT2D eigenvalue weighted by Crippen LogP contribution is 2.25.